The number of carbonyl (C=O) groups excluding carboxylic acids is 1. The Bertz CT molecular complexity index is 957. The molecule has 6 nitrogen and oxygen atoms in total. The van der Waals surface area contributed by atoms with E-state index in [-0.39, 0.29) is 11.4 Å². The molecule has 1 aromatic carbocycles. The summed E-state index contributed by atoms with van der Waals surface area (Å²) in [6.45, 7) is 2.42. The van der Waals surface area contributed by atoms with Crippen LogP contribution in [0.1, 0.15) is 34.6 Å². The van der Waals surface area contributed by atoms with Crippen molar-refractivity contribution in [1.29, 1.82) is 0 Å². The van der Waals surface area contributed by atoms with Gasteiger partial charge in [0.1, 0.15) is 5.69 Å². The number of carbonyl (C=O) groups is 1. The van der Waals surface area contributed by atoms with Gasteiger partial charge in [0.2, 0.25) is 0 Å². The van der Waals surface area contributed by atoms with Gasteiger partial charge in [0.05, 0.1) is 11.7 Å². The largest absolute Gasteiger partial charge is 0.357 e. The molecule has 0 bridgehead atoms. The molecule has 3 aromatic rings. The Morgan fingerprint density at radius 1 is 1.15 bits per heavy atom. The Morgan fingerprint density at radius 2 is 2.00 bits per heavy atom. The Balaban J connectivity index is 1.43. The molecule has 6 heteroatoms. The summed E-state index contributed by atoms with van der Waals surface area (Å²) < 4.78 is 0. The minimum atomic E-state index is -0.0637. The highest BCUT2D eigenvalue weighted by Gasteiger charge is 2.42. The lowest BCUT2D eigenvalue weighted by atomic mass is 9.79. The number of nitrogens with zero attached hydrogens (tertiary/aromatic N) is 3. The third-order valence-corrected chi connectivity index (χ3v) is 5.82. The van der Waals surface area contributed by atoms with Crippen molar-refractivity contribution < 1.29 is 4.79 Å². The summed E-state index contributed by atoms with van der Waals surface area (Å²) in [6, 6.07) is 8.53. The van der Waals surface area contributed by atoms with Crippen molar-refractivity contribution in [2.24, 2.45) is 0 Å². The average Bonchev–Trinajstić information content (AvgIpc) is 3.09. The highest BCUT2D eigenvalue weighted by atomic mass is 16.2. The predicted octanol–water partition coefficient (Wildman–Crippen LogP) is 2.24. The van der Waals surface area contributed by atoms with Crippen LogP contribution in [-0.4, -0.2) is 45.4 Å². The fourth-order valence-corrected chi connectivity index (χ4v) is 4.47. The van der Waals surface area contributed by atoms with Crippen molar-refractivity contribution in [2.75, 3.05) is 19.6 Å². The van der Waals surface area contributed by atoms with Crippen molar-refractivity contribution in [2.45, 2.75) is 24.8 Å². The van der Waals surface area contributed by atoms with Crippen LogP contribution >= 0.6 is 0 Å². The summed E-state index contributed by atoms with van der Waals surface area (Å²) in [5, 5.41) is 5.09. The number of rotatable bonds is 1. The van der Waals surface area contributed by atoms with Gasteiger partial charge >= 0.3 is 0 Å². The van der Waals surface area contributed by atoms with Crippen molar-refractivity contribution >= 4 is 16.8 Å². The van der Waals surface area contributed by atoms with E-state index in [1.54, 1.807) is 18.6 Å². The number of likely N-dealkylation sites (tertiary alicyclic amines) is 1. The highest BCUT2D eigenvalue weighted by Crippen LogP contribution is 2.40. The zero-order chi connectivity index (χ0) is 17.6. The predicted molar refractivity (Wildman–Crippen MR) is 98.9 cm³/mol. The molecule has 2 aliphatic rings. The highest BCUT2D eigenvalue weighted by molar-refractivity contribution is 5.92. The number of hydrogen-bond donors (Lipinski definition) is 2. The molecule has 0 saturated carbocycles. The second-order valence-corrected chi connectivity index (χ2v) is 7.17. The molecule has 5 rings (SSSR count). The molecule has 132 valence electrons. The first-order valence-corrected chi connectivity index (χ1v) is 9.17. The van der Waals surface area contributed by atoms with Gasteiger partial charge in [0.15, 0.2) is 0 Å². The molecule has 1 fully saturated rings. The molecular formula is C20H21N5O. The van der Waals surface area contributed by atoms with Gasteiger partial charge in [-0.2, -0.15) is 0 Å². The molecule has 2 N–H and O–H groups in total. The van der Waals surface area contributed by atoms with E-state index in [0.717, 1.165) is 38.9 Å². The number of benzene rings is 1. The number of amides is 1. The molecule has 1 saturated heterocycles. The molecule has 2 aliphatic heterocycles. The maximum Gasteiger partial charge on any atom is 0.274 e. The fourth-order valence-electron chi connectivity index (χ4n) is 4.47. The van der Waals surface area contributed by atoms with Crippen molar-refractivity contribution in [1.82, 2.24) is 25.2 Å². The number of aromatic nitrogens is 3. The van der Waals surface area contributed by atoms with Crippen LogP contribution < -0.4 is 5.32 Å². The van der Waals surface area contributed by atoms with Crippen LogP contribution in [0.4, 0.5) is 0 Å². The second-order valence-electron chi connectivity index (χ2n) is 7.17. The fraction of sp³-hybridized carbons (Fsp3) is 0.350. The SMILES string of the molecule is O=C(c1cnccn1)N1CCC2(CC1)NCCc1c2[nH]c2ccccc12. The first-order valence-electron chi connectivity index (χ1n) is 9.17. The maximum absolute atomic E-state index is 12.7. The number of hydrogen-bond acceptors (Lipinski definition) is 4. The van der Waals surface area contributed by atoms with E-state index < -0.39 is 0 Å². The third-order valence-electron chi connectivity index (χ3n) is 5.82. The van der Waals surface area contributed by atoms with Gasteiger partial charge in [-0.1, -0.05) is 18.2 Å². The Morgan fingerprint density at radius 3 is 2.81 bits per heavy atom. The van der Waals surface area contributed by atoms with E-state index in [0.29, 0.717) is 5.69 Å². The van der Waals surface area contributed by atoms with Crippen LogP contribution in [0.25, 0.3) is 10.9 Å². The molecule has 0 unspecified atom stereocenters. The maximum atomic E-state index is 12.7. The third kappa shape index (κ3) is 2.33. The Kier molecular flexibility index (Phi) is 3.53. The standard InChI is InChI=1S/C20H21N5O/c26-19(17-13-21-9-10-22-17)25-11-6-20(7-12-25)18-15(5-8-23-20)14-3-1-2-4-16(14)24-18/h1-4,9-10,13,23-24H,5-8,11-12H2. The summed E-state index contributed by atoms with van der Waals surface area (Å²) in [6.07, 6.45) is 7.55. The molecular weight excluding hydrogens is 326 g/mol. The van der Waals surface area contributed by atoms with Crippen LogP contribution in [0, 0.1) is 0 Å². The lowest BCUT2D eigenvalue weighted by Gasteiger charge is -2.44. The van der Waals surface area contributed by atoms with E-state index in [2.05, 4.69) is 44.5 Å². The summed E-state index contributed by atoms with van der Waals surface area (Å²) in [7, 11) is 0. The number of aromatic amines is 1. The number of piperidine rings is 1. The van der Waals surface area contributed by atoms with Gasteiger partial charge in [0, 0.05) is 48.6 Å². The number of fused-ring (bicyclic) bond motifs is 4. The van der Waals surface area contributed by atoms with Gasteiger partial charge in [0.25, 0.3) is 5.91 Å². The molecule has 4 heterocycles. The van der Waals surface area contributed by atoms with Crippen LogP contribution in [0.2, 0.25) is 0 Å². The van der Waals surface area contributed by atoms with E-state index >= 15 is 0 Å². The first kappa shape index (κ1) is 15.5. The molecule has 2 aromatic heterocycles. The van der Waals surface area contributed by atoms with Gasteiger partial charge < -0.3 is 15.2 Å². The minimum absolute atomic E-state index is 0.0272. The quantitative estimate of drug-likeness (QED) is 0.708. The normalized spacial score (nSPS) is 18.8. The smallest absolute Gasteiger partial charge is 0.274 e. The number of H-pyrrole nitrogens is 1. The van der Waals surface area contributed by atoms with E-state index in [1.807, 2.05) is 4.90 Å². The van der Waals surface area contributed by atoms with E-state index in [4.69, 9.17) is 0 Å². The Hall–Kier alpha value is -2.73. The summed E-state index contributed by atoms with van der Waals surface area (Å²) >= 11 is 0. The van der Waals surface area contributed by atoms with Gasteiger partial charge in [-0.25, -0.2) is 4.98 Å². The van der Waals surface area contributed by atoms with Gasteiger partial charge in [-0.05, 0) is 30.9 Å². The Labute approximate surface area is 151 Å². The summed E-state index contributed by atoms with van der Waals surface area (Å²) in [4.78, 5) is 26.4. The van der Waals surface area contributed by atoms with Gasteiger partial charge in [-0.15, -0.1) is 0 Å². The first-order chi connectivity index (χ1) is 12.8. The van der Waals surface area contributed by atoms with Crippen molar-refractivity contribution in [3.05, 3.63) is 59.8 Å². The summed E-state index contributed by atoms with van der Waals surface area (Å²) in [5.41, 5.74) is 4.32. The number of para-hydroxylation sites is 1. The van der Waals surface area contributed by atoms with E-state index in [9.17, 15) is 4.79 Å². The topological polar surface area (TPSA) is 73.9 Å². The van der Waals surface area contributed by atoms with E-state index in [1.165, 1.54) is 22.2 Å². The molecule has 1 amide bonds. The van der Waals surface area contributed by atoms with Crippen molar-refractivity contribution in [3.63, 3.8) is 0 Å². The lowest BCUT2D eigenvalue weighted by Crippen LogP contribution is -2.55. The van der Waals surface area contributed by atoms with Crippen LogP contribution in [0.3, 0.4) is 0 Å². The van der Waals surface area contributed by atoms with Crippen molar-refractivity contribution in [3.8, 4) is 0 Å². The molecule has 0 atom stereocenters. The average molecular weight is 347 g/mol. The number of nitrogens with one attached hydrogen (secondary N) is 2. The summed E-state index contributed by atoms with van der Waals surface area (Å²) in [5.74, 6) is -0.0272. The molecule has 1 spiro atoms. The van der Waals surface area contributed by atoms with Crippen LogP contribution in [0.15, 0.2) is 42.9 Å². The second kappa shape index (κ2) is 5.92. The minimum Gasteiger partial charge on any atom is -0.357 e. The van der Waals surface area contributed by atoms with Crippen LogP contribution in [0.5, 0.6) is 0 Å². The zero-order valence-corrected chi connectivity index (χ0v) is 14.5. The van der Waals surface area contributed by atoms with Crippen LogP contribution in [-0.2, 0) is 12.0 Å². The zero-order valence-electron chi connectivity index (χ0n) is 14.5. The monoisotopic (exact) mass is 347 g/mol. The molecule has 26 heavy (non-hydrogen) atoms. The lowest BCUT2D eigenvalue weighted by molar-refractivity contribution is 0.0620. The molecule has 0 aliphatic carbocycles. The molecule has 0 radical (unpaired) electrons. The van der Waals surface area contributed by atoms with Gasteiger partial charge in [-0.3, -0.25) is 9.78 Å².